The lowest BCUT2D eigenvalue weighted by atomic mass is 10.1. The third-order valence-electron chi connectivity index (χ3n) is 3.96. The summed E-state index contributed by atoms with van der Waals surface area (Å²) in [5.41, 5.74) is 1.14. The zero-order valence-corrected chi connectivity index (χ0v) is 18.9. The van der Waals surface area contributed by atoms with E-state index in [2.05, 4.69) is 37.7 Å². The third-order valence-corrected chi connectivity index (χ3v) is 4.21. The van der Waals surface area contributed by atoms with Gasteiger partial charge in [0, 0.05) is 24.5 Å². The highest BCUT2D eigenvalue weighted by molar-refractivity contribution is 14.0. The topological polar surface area (TPSA) is 91.1 Å². The predicted octanol–water partition coefficient (Wildman–Crippen LogP) is 4.19. The van der Waals surface area contributed by atoms with Gasteiger partial charge in [-0.3, -0.25) is 10.1 Å². The molecule has 2 aromatic heterocycles. The number of nitrogens with one attached hydrogen (secondary N) is 3. The molecule has 0 aliphatic rings. The number of aliphatic imine (C=N–C) groups is 1. The summed E-state index contributed by atoms with van der Waals surface area (Å²) >= 11 is 5.96. The first-order valence-corrected chi connectivity index (χ1v) is 9.29. The summed E-state index contributed by atoms with van der Waals surface area (Å²) in [7, 11) is 0. The van der Waals surface area contributed by atoms with Gasteiger partial charge < -0.3 is 15.1 Å². The van der Waals surface area contributed by atoms with Crippen LogP contribution in [0.1, 0.15) is 31.3 Å². The van der Waals surface area contributed by atoms with Crippen LogP contribution in [0.5, 0.6) is 0 Å². The van der Waals surface area contributed by atoms with Gasteiger partial charge >= 0.3 is 0 Å². The molecule has 0 amide bonds. The van der Waals surface area contributed by atoms with Gasteiger partial charge in [0.25, 0.3) is 0 Å². The molecular weight excluding hydrogens is 491 g/mol. The number of benzene rings is 1. The van der Waals surface area contributed by atoms with Crippen molar-refractivity contribution in [2.75, 3.05) is 13.1 Å². The first-order valence-electron chi connectivity index (χ1n) is 8.91. The van der Waals surface area contributed by atoms with Crippen LogP contribution in [0.2, 0.25) is 5.02 Å². The van der Waals surface area contributed by atoms with E-state index in [1.165, 1.54) is 0 Å². The highest BCUT2D eigenvalue weighted by Gasteiger charge is 2.09. The van der Waals surface area contributed by atoms with Crippen LogP contribution in [0, 0.1) is 0 Å². The molecule has 2 heterocycles. The molecule has 0 bridgehead atoms. The first kappa shape index (κ1) is 22.2. The maximum Gasteiger partial charge on any atom is 0.216 e. The maximum atomic E-state index is 5.96. The number of aromatic amines is 1. The van der Waals surface area contributed by atoms with Gasteiger partial charge in [-0.15, -0.1) is 24.0 Å². The van der Waals surface area contributed by atoms with Crippen molar-refractivity contribution in [2.24, 2.45) is 4.99 Å². The van der Waals surface area contributed by atoms with E-state index in [0.29, 0.717) is 24.6 Å². The van der Waals surface area contributed by atoms with Crippen molar-refractivity contribution >= 4 is 41.5 Å². The number of rotatable bonds is 7. The Morgan fingerprint density at radius 3 is 2.75 bits per heavy atom. The summed E-state index contributed by atoms with van der Waals surface area (Å²) in [6, 6.07) is 11.5. The average Bonchev–Trinajstić information content (AvgIpc) is 3.34. The molecule has 3 aromatic rings. The minimum absolute atomic E-state index is 0. The smallest absolute Gasteiger partial charge is 0.216 e. The molecule has 3 rings (SSSR count). The Hall–Kier alpha value is -2.07. The van der Waals surface area contributed by atoms with Crippen molar-refractivity contribution in [3.8, 4) is 11.6 Å². The van der Waals surface area contributed by atoms with E-state index >= 15 is 0 Å². The van der Waals surface area contributed by atoms with E-state index in [1.807, 2.05) is 43.3 Å². The molecule has 0 aliphatic heterocycles. The van der Waals surface area contributed by atoms with Crippen LogP contribution >= 0.6 is 35.6 Å². The Labute approximate surface area is 186 Å². The van der Waals surface area contributed by atoms with Crippen LogP contribution < -0.4 is 10.6 Å². The molecule has 150 valence electrons. The van der Waals surface area contributed by atoms with Crippen molar-refractivity contribution in [1.29, 1.82) is 0 Å². The van der Waals surface area contributed by atoms with Crippen LogP contribution in [0.25, 0.3) is 11.6 Å². The number of hydrogen-bond donors (Lipinski definition) is 3. The van der Waals surface area contributed by atoms with E-state index in [4.69, 9.17) is 16.0 Å². The zero-order chi connectivity index (χ0) is 19.1. The minimum Gasteiger partial charge on any atom is -0.461 e. The van der Waals surface area contributed by atoms with Crippen molar-refractivity contribution in [3.05, 3.63) is 59.1 Å². The molecule has 3 N–H and O–H groups in total. The summed E-state index contributed by atoms with van der Waals surface area (Å²) in [6.45, 7) is 5.48. The molecule has 0 saturated carbocycles. The molecule has 0 fully saturated rings. The van der Waals surface area contributed by atoms with Gasteiger partial charge in [-0.05, 0) is 43.7 Å². The molecule has 9 heteroatoms. The van der Waals surface area contributed by atoms with Crippen LogP contribution in [0.15, 0.2) is 52.1 Å². The molecule has 0 radical (unpaired) electrons. The SMILES string of the molecule is CCNC(=NCCc1nc(-c2ccco2)n[nH]1)NC(C)c1ccc(Cl)cc1.I. The van der Waals surface area contributed by atoms with E-state index in [1.54, 1.807) is 6.26 Å². The second kappa shape index (κ2) is 11.1. The summed E-state index contributed by atoms with van der Waals surface area (Å²) in [5.74, 6) is 2.73. The first-order chi connectivity index (χ1) is 13.2. The molecule has 0 aliphatic carbocycles. The molecular formula is C19H24ClIN6O. The van der Waals surface area contributed by atoms with E-state index in [0.717, 1.165) is 28.9 Å². The zero-order valence-electron chi connectivity index (χ0n) is 15.8. The normalized spacial score (nSPS) is 12.3. The summed E-state index contributed by atoms with van der Waals surface area (Å²) in [5, 5.41) is 14.5. The van der Waals surface area contributed by atoms with Crippen molar-refractivity contribution in [2.45, 2.75) is 26.3 Å². The molecule has 0 saturated heterocycles. The summed E-state index contributed by atoms with van der Waals surface area (Å²) in [4.78, 5) is 9.05. The number of guanidine groups is 1. The van der Waals surface area contributed by atoms with Gasteiger partial charge in [0.2, 0.25) is 5.82 Å². The lowest BCUT2D eigenvalue weighted by Gasteiger charge is -2.18. The number of furan rings is 1. The van der Waals surface area contributed by atoms with Crippen molar-refractivity contribution in [1.82, 2.24) is 25.8 Å². The quantitative estimate of drug-likeness (QED) is 0.250. The van der Waals surface area contributed by atoms with Gasteiger partial charge in [-0.25, -0.2) is 4.98 Å². The Bertz CT molecular complexity index is 863. The number of halogens is 2. The largest absolute Gasteiger partial charge is 0.461 e. The Kier molecular flexibility index (Phi) is 8.78. The highest BCUT2D eigenvalue weighted by atomic mass is 127. The van der Waals surface area contributed by atoms with Gasteiger partial charge in [-0.1, -0.05) is 23.7 Å². The van der Waals surface area contributed by atoms with Gasteiger partial charge in [0.1, 0.15) is 5.82 Å². The second-order valence-electron chi connectivity index (χ2n) is 6.01. The van der Waals surface area contributed by atoms with Gasteiger partial charge in [0.15, 0.2) is 11.7 Å². The predicted molar refractivity (Wildman–Crippen MR) is 122 cm³/mol. The van der Waals surface area contributed by atoms with Crippen LogP contribution in [-0.2, 0) is 6.42 Å². The molecule has 1 unspecified atom stereocenters. The van der Waals surface area contributed by atoms with Crippen molar-refractivity contribution < 1.29 is 4.42 Å². The van der Waals surface area contributed by atoms with E-state index < -0.39 is 0 Å². The second-order valence-corrected chi connectivity index (χ2v) is 6.45. The fourth-order valence-electron chi connectivity index (χ4n) is 2.56. The molecule has 1 atom stereocenters. The number of hydrogen-bond acceptors (Lipinski definition) is 4. The molecule has 1 aromatic carbocycles. The Morgan fingerprint density at radius 1 is 1.29 bits per heavy atom. The summed E-state index contributed by atoms with van der Waals surface area (Å²) < 4.78 is 5.30. The lowest BCUT2D eigenvalue weighted by molar-refractivity contribution is 0.577. The van der Waals surface area contributed by atoms with Crippen LogP contribution in [-0.4, -0.2) is 34.2 Å². The number of H-pyrrole nitrogens is 1. The van der Waals surface area contributed by atoms with Crippen molar-refractivity contribution in [3.63, 3.8) is 0 Å². The van der Waals surface area contributed by atoms with Gasteiger partial charge in [-0.2, -0.15) is 5.10 Å². The number of nitrogens with zero attached hydrogens (tertiary/aromatic N) is 3. The fraction of sp³-hybridized carbons (Fsp3) is 0.316. The summed E-state index contributed by atoms with van der Waals surface area (Å²) in [6.07, 6.45) is 2.26. The third kappa shape index (κ3) is 6.23. The highest BCUT2D eigenvalue weighted by Crippen LogP contribution is 2.16. The minimum atomic E-state index is 0. The number of aromatic nitrogens is 3. The standard InChI is InChI=1S/C19H23ClN6O.HI/c1-3-21-19(23-13(2)14-6-8-15(20)9-7-14)22-11-10-17-24-18(26-25-17)16-5-4-12-27-16;/h4-9,12-13H,3,10-11H2,1-2H3,(H2,21,22,23)(H,24,25,26);1H. The molecule has 7 nitrogen and oxygen atoms in total. The van der Waals surface area contributed by atoms with Crippen LogP contribution in [0.4, 0.5) is 0 Å². The molecule has 0 spiro atoms. The van der Waals surface area contributed by atoms with Gasteiger partial charge in [0.05, 0.1) is 12.3 Å². The Morgan fingerprint density at radius 2 is 2.07 bits per heavy atom. The molecule has 28 heavy (non-hydrogen) atoms. The fourth-order valence-corrected chi connectivity index (χ4v) is 2.68. The Balaban J connectivity index is 0.00000280. The van der Waals surface area contributed by atoms with E-state index in [9.17, 15) is 0 Å². The lowest BCUT2D eigenvalue weighted by Crippen LogP contribution is -2.38. The van der Waals surface area contributed by atoms with E-state index in [-0.39, 0.29) is 30.0 Å². The monoisotopic (exact) mass is 514 g/mol. The maximum absolute atomic E-state index is 5.96. The average molecular weight is 515 g/mol. The van der Waals surface area contributed by atoms with Crippen LogP contribution in [0.3, 0.4) is 0 Å².